The third kappa shape index (κ3) is 2.35. The average molecular weight is 140 g/mol. The molecule has 0 unspecified atom stereocenters. The molecule has 0 aliphatic carbocycles. The highest BCUT2D eigenvalue weighted by Gasteiger charge is 2.00. The Morgan fingerprint density at radius 2 is 2.20 bits per heavy atom. The van der Waals surface area contributed by atoms with Crippen molar-refractivity contribution in [1.29, 1.82) is 5.41 Å². The van der Waals surface area contributed by atoms with Crippen LogP contribution in [0.15, 0.2) is 24.1 Å². The molecule has 0 spiro atoms. The molecule has 0 aliphatic rings. The Hall–Kier alpha value is -1.25. The molecular weight excluding hydrogens is 128 g/mol. The second-order valence-electron chi connectivity index (χ2n) is 1.92. The summed E-state index contributed by atoms with van der Waals surface area (Å²) >= 11 is 0. The minimum Gasteiger partial charge on any atom is -0.508 e. The number of nitrogens with one attached hydrogen (secondary N) is 2. The normalized spacial score (nSPS) is 10.8. The monoisotopic (exact) mass is 140 g/mol. The van der Waals surface area contributed by atoms with E-state index >= 15 is 0 Å². The van der Waals surface area contributed by atoms with Gasteiger partial charge in [-0.05, 0) is 6.92 Å². The highest BCUT2D eigenvalue weighted by molar-refractivity contribution is 5.98. The minimum atomic E-state index is -0.0816. The molecule has 0 atom stereocenters. The Balaban J connectivity index is 4.42. The maximum atomic E-state index is 8.87. The van der Waals surface area contributed by atoms with E-state index in [1.54, 1.807) is 14.0 Å². The first-order valence-electron chi connectivity index (χ1n) is 2.90. The average Bonchev–Trinajstić information content (AvgIpc) is 1.81. The van der Waals surface area contributed by atoms with Gasteiger partial charge in [0.25, 0.3) is 0 Å². The summed E-state index contributed by atoms with van der Waals surface area (Å²) in [5.41, 5.74) is 0.726. The molecule has 0 saturated carbocycles. The Morgan fingerprint density at radius 3 is 2.30 bits per heavy atom. The zero-order valence-corrected chi connectivity index (χ0v) is 6.23. The van der Waals surface area contributed by atoms with E-state index in [1.165, 1.54) is 6.20 Å². The lowest BCUT2D eigenvalue weighted by atomic mass is 10.2. The molecule has 3 heteroatoms. The lowest BCUT2D eigenvalue weighted by Crippen LogP contribution is -2.04. The van der Waals surface area contributed by atoms with Crippen molar-refractivity contribution in [2.45, 2.75) is 6.92 Å². The first-order chi connectivity index (χ1) is 4.59. The van der Waals surface area contributed by atoms with Crippen molar-refractivity contribution >= 4 is 5.71 Å². The Morgan fingerprint density at radius 1 is 1.70 bits per heavy atom. The molecule has 3 N–H and O–H groups in total. The van der Waals surface area contributed by atoms with Gasteiger partial charge in [0.05, 0.1) is 5.57 Å². The molecule has 0 heterocycles. The Bertz CT molecular complexity index is 166. The van der Waals surface area contributed by atoms with E-state index < -0.39 is 0 Å². The van der Waals surface area contributed by atoms with Crippen LogP contribution >= 0.6 is 0 Å². The van der Waals surface area contributed by atoms with Gasteiger partial charge < -0.3 is 15.8 Å². The van der Waals surface area contributed by atoms with Gasteiger partial charge in [-0.1, -0.05) is 6.58 Å². The molecule has 0 rings (SSSR count). The maximum Gasteiger partial charge on any atom is 0.118 e. The minimum absolute atomic E-state index is 0.0816. The summed E-state index contributed by atoms with van der Waals surface area (Å²) in [6, 6.07) is 0. The van der Waals surface area contributed by atoms with Crippen LogP contribution in [-0.4, -0.2) is 17.9 Å². The molecule has 0 saturated heterocycles. The van der Waals surface area contributed by atoms with Gasteiger partial charge in [-0.25, -0.2) is 0 Å². The molecule has 10 heavy (non-hydrogen) atoms. The van der Waals surface area contributed by atoms with Crippen LogP contribution in [0.3, 0.4) is 0 Å². The van der Waals surface area contributed by atoms with Crippen LogP contribution in [0, 0.1) is 5.41 Å². The zero-order valence-electron chi connectivity index (χ0n) is 6.23. The molecule has 0 fully saturated rings. The first kappa shape index (κ1) is 8.75. The maximum absolute atomic E-state index is 8.87. The molecular formula is C7H12N2O. The van der Waals surface area contributed by atoms with E-state index in [1.807, 2.05) is 0 Å². The SMILES string of the molecule is C=C(O)/C(=C/NC)C(C)=N. The molecule has 0 amide bonds. The number of hydrogen-bond donors (Lipinski definition) is 3. The standard InChI is InChI=1S/C7H12N2O/c1-5(8)7(4-9-3)6(2)10/h4,8-10H,2H2,1,3H3/b7-4+,8-5?. The van der Waals surface area contributed by atoms with E-state index in [-0.39, 0.29) is 5.76 Å². The number of hydrogen-bond acceptors (Lipinski definition) is 3. The van der Waals surface area contributed by atoms with Gasteiger partial charge in [-0.15, -0.1) is 0 Å². The quantitative estimate of drug-likeness (QED) is 0.313. The summed E-state index contributed by atoms with van der Waals surface area (Å²) in [4.78, 5) is 0. The fraction of sp³-hybridized carbons (Fsp3) is 0.286. The van der Waals surface area contributed by atoms with E-state index in [0.717, 1.165) is 0 Å². The van der Waals surface area contributed by atoms with Gasteiger partial charge in [0.15, 0.2) is 0 Å². The van der Waals surface area contributed by atoms with Gasteiger partial charge >= 0.3 is 0 Å². The van der Waals surface area contributed by atoms with Crippen LogP contribution in [0.25, 0.3) is 0 Å². The van der Waals surface area contributed by atoms with Gasteiger partial charge in [0, 0.05) is 19.0 Å². The highest BCUT2D eigenvalue weighted by atomic mass is 16.3. The van der Waals surface area contributed by atoms with Gasteiger partial charge in [0.1, 0.15) is 5.76 Å². The highest BCUT2D eigenvalue weighted by Crippen LogP contribution is 2.03. The predicted molar refractivity (Wildman–Crippen MR) is 42.3 cm³/mol. The second kappa shape index (κ2) is 3.71. The molecule has 0 bridgehead atoms. The van der Waals surface area contributed by atoms with Gasteiger partial charge in [-0.2, -0.15) is 0 Å². The van der Waals surface area contributed by atoms with E-state index in [2.05, 4.69) is 11.9 Å². The summed E-state index contributed by atoms with van der Waals surface area (Å²) in [5.74, 6) is -0.0816. The summed E-state index contributed by atoms with van der Waals surface area (Å²) in [5, 5.41) is 18.7. The molecule has 0 aromatic heterocycles. The molecule has 0 radical (unpaired) electrons. The van der Waals surface area contributed by atoms with Gasteiger partial charge in [-0.3, -0.25) is 0 Å². The van der Waals surface area contributed by atoms with Crippen molar-refractivity contribution in [3.05, 3.63) is 24.1 Å². The second-order valence-corrected chi connectivity index (χ2v) is 1.92. The van der Waals surface area contributed by atoms with Gasteiger partial charge in [0.2, 0.25) is 0 Å². The Labute approximate surface area is 60.6 Å². The number of allylic oxidation sites excluding steroid dienone is 1. The predicted octanol–water partition coefficient (Wildman–Crippen LogP) is 1.20. The fourth-order valence-corrected chi connectivity index (χ4v) is 0.552. The molecule has 0 aromatic carbocycles. The molecule has 3 nitrogen and oxygen atoms in total. The molecule has 0 aliphatic heterocycles. The van der Waals surface area contributed by atoms with Crippen LogP contribution in [-0.2, 0) is 0 Å². The van der Waals surface area contributed by atoms with Crippen LogP contribution in [0.5, 0.6) is 0 Å². The number of aliphatic hydroxyl groups is 1. The van der Waals surface area contributed by atoms with Crippen LogP contribution in [0.1, 0.15) is 6.92 Å². The van der Waals surface area contributed by atoms with Crippen LogP contribution < -0.4 is 5.32 Å². The van der Waals surface area contributed by atoms with Crippen molar-refractivity contribution in [3.8, 4) is 0 Å². The van der Waals surface area contributed by atoms with Crippen molar-refractivity contribution in [2.24, 2.45) is 0 Å². The lowest BCUT2D eigenvalue weighted by Gasteiger charge is -2.01. The largest absolute Gasteiger partial charge is 0.508 e. The smallest absolute Gasteiger partial charge is 0.118 e. The van der Waals surface area contributed by atoms with Crippen molar-refractivity contribution in [3.63, 3.8) is 0 Å². The van der Waals surface area contributed by atoms with Crippen molar-refractivity contribution in [2.75, 3.05) is 7.05 Å². The number of rotatable bonds is 3. The molecule has 0 aromatic rings. The number of aliphatic hydroxyl groups excluding tert-OH is 1. The summed E-state index contributed by atoms with van der Waals surface area (Å²) < 4.78 is 0. The third-order valence-corrected chi connectivity index (χ3v) is 1.00. The van der Waals surface area contributed by atoms with E-state index in [0.29, 0.717) is 11.3 Å². The lowest BCUT2D eigenvalue weighted by molar-refractivity contribution is 0.430. The van der Waals surface area contributed by atoms with Crippen LogP contribution in [0.2, 0.25) is 0 Å². The summed E-state index contributed by atoms with van der Waals surface area (Å²) in [6.07, 6.45) is 1.53. The van der Waals surface area contributed by atoms with Crippen LogP contribution in [0.4, 0.5) is 0 Å². The Kier molecular flexibility index (Phi) is 3.25. The zero-order chi connectivity index (χ0) is 8.15. The van der Waals surface area contributed by atoms with E-state index in [4.69, 9.17) is 10.5 Å². The third-order valence-electron chi connectivity index (χ3n) is 1.00. The summed E-state index contributed by atoms with van der Waals surface area (Å²) in [7, 11) is 1.70. The van der Waals surface area contributed by atoms with Crippen molar-refractivity contribution < 1.29 is 5.11 Å². The first-order valence-corrected chi connectivity index (χ1v) is 2.90. The fourth-order valence-electron chi connectivity index (χ4n) is 0.552. The summed E-state index contributed by atoms with van der Waals surface area (Å²) in [6.45, 7) is 4.89. The van der Waals surface area contributed by atoms with E-state index in [9.17, 15) is 0 Å². The molecule has 56 valence electrons. The van der Waals surface area contributed by atoms with Crippen molar-refractivity contribution in [1.82, 2.24) is 5.32 Å². The topological polar surface area (TPSA) is 56.1 Å².